The molecule has 2 aliphatic rings. The summed E-state index contributed by atoms with van der Waals surface area (Å²) >= 11 is 0. The summed E-state index contributed by atoms with van der Waals surface area (Å²) in [6.45, 7) is 6.60. The molecule has 0 aromatic heterocycles. The zero-order chi connectivity index (χ0) is 13.0. The van der Waals surface area contributed by atoms with Gasteiger partial charge in [-0.3, -0.25) is 4.79 Å². The fourth-order valence-electron chi connectivity index (χ4n) is 2.64. The van der Waals surface area contributed by atoms with Crippen LogP contribution in [0.3, 0.4) is 0 Å². The van der Waals surface area contributed by atoms with E-state index in [1.165, 1.54) is 18.9 Å². The van der Waals surface area contributed by atoms with Crippen LogP contribution in [-0.2, 0) is 23.8 Å². The van der Waals surface area contributed by atoms with E-state index in [1.807, 2.05) is 0 Å². The largest absolute Gasteiger partial charge is 0.467 e. The van der Waals surface area contributed by atoms with E-state index in [9.17, 15) is 9.59 Å². The van der Waals surface area contributed by atoms with Crippen LogP contribution < -0.4 is 0 Å². The third-order valence-electron chi connectivity index (χ3n) is 3.38. The lowest BCUT2D eigenvalue weighted by molar-refractivity contribution is -0.296. The average Bonchev–Trinajstić information content (AvgIpc) is 2.44. The first-order valence-corrected chi connectivity index (χ1v) is 5.48. The first-order valence-electron chi connectivity index (χ1n) is 5.48. The number of methoxy groups -OCH3 is 1. The highest BCUT2D eigenvalue weighted by Gasteiger charge is 2.69. The fraction of sp³-hybridized carbons (Fsp3) is 0.818. The van der Waals surface area contributed by atoms with Crippen LogP contribution in [0.4, 0.5) is 0 Å². The van der Waals surface area contributed by atoms with E-state index in [-0.39, 0.29) is 5.91 Å². The van der Waals surface area contributed by atoms with Gasteiger partial charge in [0.15, 0.2) is 11.9 Å². The Balaban J connectivity index is 2.32. The van der Waals surface area contributed by atoms with Crippen molar-refractivity contribution in [1.82, 2.24) is 4.90 Å². The first kappa shape index (κ1) is 12.3. The number of esters is 1. The van der Waals surface area contributed by atoms with Gasteiger partial charge in [-0.05, 0) is 20.8 Å². The minimum absolute atomic E-state index is 0.152. The van der Waals surface area contributed by atoms with Crippen molar-refractivity contribution in [2.24, 2.45) is 0 Å². The van der Waals surface area contributed by atoms with Gasteiger partial charge < -0.3 is 19.1 Å². The molecule has 0 N–H and O–H groups in total. The predicted octanol–water partition coefficient (Wildman–Crippen LogP) is 0.258. The molecule has 2 aliphatic heterocycles. The van der Waals surface area contributed by atoms with E-state index >= 15 is 0 Å². The molecule has 0 saturated carbocycles. The second-order valence-electron chi connectivity index (χ2n) is 4.98. The van der Waals surface area contributed by atoms with E-state index in [1.54, 1.807) is 20.8 Å². The number of amides is 1. The van der Waals surface area contributed by atoms with E-state index < -0.39 is 29.6 Å². The van der Waals surface area contributed by atoms with Crippen LogP contribution in [0.5, 0.6) is 0 Å². The standard InChI is InChI=1S/C11H17NO5/c1-6(13)12-7-8(16-10(12,2)3)17-11(7,4)9(14)15-5/h7-8H,1-5H3/t7-,8-,11+/m0/s1. The summed E-state index contributed by atoms with van der Waals surface area (Å²) in [5.74, 6) is -0.646. The van der Waals surface area contributed by atoms with Gasteiger partial charge >= 0.3 is 5.97 Å². The molecular weight excluding hydrogens is 226 g/mol. The van der Waals surface area contributed by atoms with Gasteiger partial charge in [0.2, 0.25) is 5.91 Å². The highest BCUT2D eigenvalue weighted by molar-refractivity contribution is 5.84. The van der Waals surface area contributed by atoms with Gasteiger partial charge in [-0.1, -0.05) is 0 Å². The molecule has 17 heavy (non-hydrogen) atoms. The van der Waals surface area contributed by atoms with Crippen molar-refractivity contribution in [3.63, 3.8) is 0 Å². The van der Waals surface area contributed by atoms with Gasteiger partial charge in [-0.15, -0.1) is 0 Å². The molecule has 6 nitrogen and oxygen atoms in total. The van der Waals surface area contributed by atoms with Crippen molar-refractivity contribution >= 4 is 11.9 Å². The van der Waals surface area contributed by atoms with E-state index in [0.717, 1.165) is 0 Å². The number of hydrogen-bond acceptors (Lipinski definition) is 5. The number of hydrogen-bond donors (Lipinski definition) is 0. The van der Waals surface area contributed by atoms with Crippen LogP contribution in [-0.4, -0.2) is 47.5 Å². The zero-order valence-electron chi connectivity index (χ0n) is 10.6. The number of fused-ring (bicyclic) bond motifs is 1. The summed E-state index contributed by atoms with van der Waals surface area (Å²) in [5, 5.41) is 0. The van der Waals surface area contributed by atoms with Gasteiger partial charge in [0.25, 0.3) is 0 Å². The summed E-state index contributed by atoms with van der Waals surface area (Å²) in [6.07, 6.45) is -0.557. The fourth-order valence-corrected chi connectivity index (χ4v) is 2.64. The topological polar surface area (TPSA) is 65.1 Å². The monoisotopic (exact) mass is 243 g/mol. The SMILES string of the molecule is COC(=O)[C@]1(C)O[C@@H]2OC(C)(C)N(C(C)=O)[C@@H]21. The highest BCUT2D eigenvalue weighted by Crippen LogP contribution is 2.48. The molecule has 1 amide bonds. The molecule has 96 valence electrons. The maximum Gasteiger partial charge on any atom is 0.340 e. The second kappa shape index (κ2) is 3.43. The molecule has 0 unspecified atom stereocenters. The molecule has 2 fully saturated rings. The molecule has 2 rings (SSSR count). The van der Waals surface area contributed by atoms with Crippen LogP contribution in [0.15, 0.2) is 0 Å². The third kappa shape index (κ3) is 1.47. The second-order valence-corrected chi connectivity index (χ2v) is 4.98. The number of nitrogens with zero attached hydrogens (tertiary/aromatic N) is 1. The smallest absolute Gasteiger partial charge is 0.340 e. The zero-order valence-corrected chi connectivity index (χ0v) is 10.6. The highest BCUT2D eigenvalue weighted by atomic mass is 16.8. The van der Waals surface area contributed by atoms with E-state index in [4.69, 9.17) is 14.2 Å². The number of ether oxygens (including phenoxy) is 3. The van der Waals surface area contributed by atoms with Crippen LogP contribution >= 0.6 is 0 Å². The Morgan fingerprint density at radius 1 is 1.24 bits per heavy atom. The van der Waals surface area contributed by atoms with Gasteiger partial charge in [0.1, 0.15) is 11.8 Å². The lowest BCUT2D eigenvalue weighted by atomic mass is 9.88. The molecular formula is C11H17NO5. The molecule has 0 radical (unpaired) electrons. The average molecular weight is 243 g/mol. The summed E-state index contributed by atoms with van der Waals surface area (Å²) < 4.78 is 15.7. The van der Waals surface area contributed by atoms with Crippen LogP contribution in [0.25, 0.3) is 0 Å². The molecule has 0 aliphatic carbocycles. The van der Waals surface area contributed by atoms with Gasteiger partial charge in [-0.25, -0.2) is 4.79 Å². The lowest BCUT2D eigenvalue weighted by Gasteiger charge is -2.48. The third-order valence-corrected chi connectivity index (χ3v) is 3.38. The van der Waals surface area contributed by atoms with Crippen LogP contribution in [0.1, 0.15) is 27.7 Å². The summed E-state index contributed by atoms with van der Waals surface area (Å²) in [7, 11) is 1.29. The predicted molar refractivity (Wildman–Crippen MR) is 56.8 cm³/mol. The van der Waals surface area contributed by atoms with E-state index in [0.29, 0.717) is 0 Å². The minimum Gasteiger partial charge on any atom is -0.467 e. The number of carbonyl (C=O) groups excluding carboxylic acids is 2. The van der Waals surface area contributed by atoms with Crippen LogP contribution in [0, 0.1) is 0 Å². The number of carbonyl (C=O) groups is 2. The quantitative estimate of drug-likeness (QED) is 0.618. The molecule has 0 bridgehead atoms. The normalized spacial score (nSPS) is 38.3. The molecule has 0 spiro atoms. The summed E-state index contributed by atoms with van der Waals surface area (Å²) in [5.41, 5.74) is -1.91. The lowest BCUT2D eigenvalue weighted by Crippen LogP contribution is -2.70. The Kier molecular flexibility index (Phi) is 2.48. The van der Waals surface area contributed by atoms with Crippen molar-refractivity contribution in [3.05, 3.63) is 0 Å². The van der Waals surface area contributed by atoms with Crippen LogP contribution in [0.2, 0.25) is 0 Å². The minimum atomic E-state index is -1.14. The molecule has 2 heterocycles. The van der Waals surface area contributed by atoms with Gasteiger partial charge in [0, 0.05) is 6.92 Å². The van der Waals surface area contributed by atoms with Crippen molar-refractivity contribution in [2.45, 2.75) is 51.4 Å². The maximum absolute atomic E-state index is 11.7. The molecule has 0 aromatic carbocycles. The summed E-state index contributed by atoms with van der Waals surface area (Å²) in [6, 6.07) is -0.428. The van der Waals surface area contributed by atoms with Gasteiger partial charge in [0.05, 0.1) is 7.11 Å². The maximum atomic E-state index is 11.7. The number of rotatable bonds is 1. The van der Waals surface area contributed by atoms with Crippen molar-refractivity contribution in [2.75, 3.05) is 7.11 Å². The Labute approximate surface area is 99.8 Å². The van der Waals surface area contributed by atoms with E-state index in [2.05, 4.69) is 0 Å². The first-order chi connectivity index (χ1) is 7.74. The van der Waals surface area contributed by atoms with Crippen molar-refractivity contribution in [3.8, 4) is 0 Å². The summed E-state index contributed by atoms with van der Waals surface area (Å²) in [4.78, 5) is 24.9. The molecule has 3 atom stereocenters. The molecule has 2 saturated heterocycles. The van der Waals surface area contributed by atoms with Crippen molar-refractivity contribution in [1.29, 1.82) is 0 Å². The Morgan fingerprint density at radius 3 is 2.29 bits per heavy atom. The Bertz CT molecular complexity index is 380. The Hall–Kier alpha value is -1.14. The molecule has 6 heteroatoms. The Morgan fingerprint density at radius 2 is 1.82 bits per heavy atom. The molecule has 0 aromatic rings. The van der Waals surface area contributed by atoms with Crippen molar-refractivity contribution < 1.29 is 23.8 Å². The van der Waals surface area contributed by atoms with Gasteiger partial charge in [-0.2, -0.15) is 0 Å².